The summed E-state index contributed by atoms with van der Waals surface area (Å²) in [4.78, 5) is 0. The minimum Gasteiger partial charge on any atom is -0.286 e. The highest BCUT2D eigenvalue weighted by Crippen LogP contribution is 2.50. The van der Waals surface area contributed by atoms with Gasteiger partial charge in [-0.25, -0.2) is 0 Å². The molecular weight excluding hydrogens is 399 g/mol. The van der Waals surface area contributed by atoms with E-state index in [2.05, 4.69) is 119 Å². The first-order valence-electron chi connectivity index (χ1n) is 11.0. The average Bonchev–Trinajstić information content (AvgIpc) is 2.77. The van der Waals surface area contributed by atoms with Crippen LogP contribution in [0.4, 0.5) is 0 Å². The molecule has 31 heavy (non-hydrogen) atoms. The van der Waals surface area contributed by atoms with Crippen molar-refractivity contribution in [2.24, 2.45) is 4.74 Å². The topological polar surface area (TPSA) is 35.5 Å². The molecule has 0 aromatic heterocycles. The first-order valence-corrected chi connectivity index (χ1v) is 12.8. The van der Waals surface area contributed by atoms with Crippen LogP contribution in [-0.2, 0) is 5.21 Å². The van der Waals surface area contributed by atoms with Gasteiger partial charge < -0.3 is 0 Å². The van der Waals surface area contributed by atoms with E-state index in [1.807, 2.05) is 0 Å². The van der Waals surface area contributed by atoms with Crippen molar-refractivity contribution in [1.82, 2.24) is 5.06 Å². The molecule has 4 heteroatoms. The fraction of sp³-hybridized carbons (Fsp3) is 0.333. The molecule has 1 radical (unpaired) electrons. The SMILES string of the molecule is CC1(C)CC(N=P(c2ccccc2)(c2ccccc2)c2ccccc2)CC(C)(C)N1[O]. The number of hydrogen-bond acceptors (Lipinski definition) is 2. The van der Waals surface area contributed by atoms with Gasteiger partial charge in [0.05, 0.1) is 13.1 Å². The largest absolute Gasteiger partial charge is 0.286 e. The molecule has 0 saturated carbocycles. The van der Waals surface area contributed by atoms with Crippen molar-refractivity contribution in [1.29, 1.82) is 0 Å². The molecule has 1 saturated heterocycles. The van der Waals surface area contributed by atoms with E-state index in [9.17, 15) is 5.21 Å². The molecule has 0 aliphatic carbocycles. The van der Waals surface area contributed by atoms with Gasteiger partial charge in [-0.2, -0.15) is 0 Å². The quantitative estimate of drug-likeness (QED) is 0.500. The Morgan fingerprint density at radius 2 is 1.00 bits per heavy atom. The minimum atomic E-state index is -2.25. The van der Waals surface area contributed by atoms with Crippen LogP contribution < -0.4 is 15.9 Å². The summed E-state index contributed by atoms with van der Waals surface area (Å²) in [5, 5.41) is 18.0. The third kappa shape index (κ3) is 4.15. The van der Waals surface area contributed by atoms with E-state index in [0.717, 1.165) is 12.8 Å². The molecule has 3 aromatic rings. The summed E-state index contributed by atoms with van der Waals surface area (Å²) in [5.74, 6) is 0. The lowest BCUT2D eigenvalue weighted by atomic mass is 9.79. The summed E-state index contributed by atoms with van der Waals surface area (Å²) in [6.07, 6.45) is 1.52. The summed E-state index contributed by atoms with van der Waals surface area (Å²) in [6.45, 7) is 8.21. The summed E-state index contributed by atoms with van der Waals surface area (Å²) in [5.41, 5.74) is -0.898. The highest BCUT2D eigenvalue weighted by molar-refractivity contribution is 7.87. The lowest BCUT2D eigenvalue weighted by Gasteiger charge is -2.49. The van der Waals surface area contributed by atoms with Gasteiger partial charge >= 0.3 is 0 Å². The third-order valence-corrected chi connectivity index (χ3v) is 10.1. The standard InChI is InChI=1S/C27H32N2OP/c1-26(2)20-22(21-27(3,4)29(26)30)28-31(23-14-8-5-9-15-23,24-16-10-6-11-17-24)25-18-12-7-13-19-25/h5-19,22H,20-21H2,1-4H3. The number of nitrogens with zero attached hydrogens (tertiary/aromatic N) is 2. The number of hydroxylamine groups is 2. The first-order chi connectivity index (χ1) is 14.8. The van der Waals surface area contributed by atoms with Crippen molar-refractivity contribution < 1.29 is 5.21 Å². The summed E-state index contributed by atoms with van der Waals surface area (Å²) in [7, 11) is -2.25. The second-order valence-corrected chi connectivity index (χ2v) is 12.8. The van der Waals surface area contributed by atoms with E-state index in [1.54, 1.807) is 0 Å². The smallest absolute Gasteiger partial charge is 0.0551 e. The van der Waals surface area contributed by atoms with Gasteiger partial charge in [0.25, 0.3) is 0 Å². The van der Waals surface area contributed by atoms with Crippen molar-refractivity contribution in [3.8, 4) is 0 Å². The molecule has 0 bridgehead atoms. The lowest BCUT2D eigenvalue weighted by molar-refractivity contribution is -0.288. The van der Waals surface area contributed by atoms with Gasteiger partial charge in [0.15, 0.2) is 0 Å². The monoisotopic (exact) mass is 431 g/mol. The number of hydrogen-bond donors (Lipinski definition) is 0. The molecule has 4 rings (SSSR count). The van der Waals surface area contributed by atoms with Gasteiger partial charge in [0, 0.05) is 27.0 Å². The third-order valence-electron chi connectivity index (χ3n) is 6.30. The maximum Gasteiger partial charge on any atom is 0.0551 e. The predicted octanol–water partition coefficient (Wildman–Crippen LogP) is 5.53. The zero-order valence-electron chi connectivity index (χ0n) is 18.9. The van der Waals surface area contributed by atoms with E-state index in [0.29, 0.717) is 0 Å². The molecule has 0 N–H and O–H groups in total. The molecule has 3 aromatic carbocycles. The van der Waals surface area contributed by atoms with Crippen molar-refractivity contribution >= 4 is 23.0 Å². The van der Waals surface area contributed by atoms with Gasteiger partial charge in [0.1, 0.15) is 0 Å². The lowest BCUT2D eigenvalue weighted by Crippen LogP contribution is -2.59. The van der Waals surface area contributed by atoms with Gasteiger partial charge in [0.2, 0.25) is 0 Å². The van der Waals surface area contributed by atoms with Crippen molar-refractivity contribution in [3.05, 3.63) is 91.0 Å². The Kier molecular flexibility index (Phi) is 5.96. The second kappa shape index (κ2) is 8.39. The number of piperidine rings is 1. The molecule has 1 aliphatic rings. The zero-order valence-corrected chi connectivity index (χ0v) is 19.8. The van der Waals surface area contributed by atoms with E-state index in [4.69, 9.17) is 4.74 Å². The molecular formula is C27H32N2OP. The molecule has 161 valence electrons. The summed E-state index contributed by atoms with van der Waals surface area (Å²) >= 11 is 0. The van der Waals surface area contributed by atoms with E-state index in [-0.39, 0.29) is 6.04 Å². The molecule has 0 atom stereocenters. The Hall–Kier alpha value is -2.19. The van der Waals surface area contributed by atoms with Crippen molar-refractivity contribution in [3.63, 3.8) is 0 Å². The highest BCUT2D eigenvalue weighted by atomic mass is 31.2. The molecule has 1 heterocycles. The van der Waals surface area contributed by atoms with Crippen molar-refractivity contribution in [2.45, 2.75) is 57.7 Å². The van der Waals surface area contributed by atoms with E-state index >= 15 is 0 Å². The van der Waals surface area contributed by atoms with Gasteiger partial charge in [-0.1, -0.05) is 91.0 Å². The fourth-order valence-corrected chi connectivity index (χ4v) is 8.87. The van der Waals surface area contributed by atoms with Gasteiger partial charge in [-0.15, -0.1) is 10.3 Å². The second-order valence-electron chi connectivity index (χ2n) is 9.74. The Bertz CT molecular complexity index is 941. The maximum absolute atomic E-state index is 13.0. The Labute approximate surface area is 186 Å². The predicted molar refractivity (Wildman–Crippen MR) is 131 cm³/mol. The van der Waals surface area contributed by atoms with Crippen LogP contribution in [0.2, 0.25) is 0 Å². The van der Waals surface area contributed by atoms with Crippen molar-refractivity contribution in [2.75, 3.05) is 0 Å². The van der Waals surface area contributed by atoms with Crippen LogP contribution in [0.15, 0.2) is 95.7 Å². The summed E-state index contributed by atoms with van der Waals surface area (Å²) in [6, 6.07) is 32.3. The van der Waals surface area contributed by atoms with E-state index < -0.39 is 18.1 Å². The molecule has 0 amide bonds. The normalized spacial score (nSPS) is 19.1. The average molecular weight is 432 g/mol. The number of rotatable bonds is 4. The summed E-state index contributed by atoms with van der Waals surface area (Å²) < 4.78 is 5.75. The number of benzene rings is 3. The van der Waals surface area contributed by atoms with Crippen LogP contribution in [-0.4, -0.2) is 22.2 Å². The minimum absolute atomic E-state index is 0.101. The Morgan fingerprint density at radius 1 is 0.677 bits per heavy atom. The zero-order chi connectivity index (χ0) is 22.1. The molecule has 1 fully saturated rings. The Morgan fingerprint density at radius 3 is 1.32 bits per heavy atom. The van der Waals surface area contributed by atoms with E-state index in [1.165, 1.54) is 21.0 Å². The molecule has 0 spiro atoms. The fourth-order valence-electron chi connectivity index (χ4n) is 5.12. The highest BCUT2D eigenvalue weighted by Gasteiger charge is 2.47. The van der Waals surface area contributed by atoms with Crippen LogP contribution >= 0.6 is 7.05 Å². The van der Waals surface area contributed by atoms with Crippen LogP contribution in [0.25, 0.3) is 0 Å². The van der Waals surface area contributed by atoms with Gasteiger partial charge in [-0.05, 0) is 40.5 Å². The van der Waals surface area contributed by atoms with Crippen LogP contribution in [0.1, 0.15) is 40.5 Å². The van der Waals surface area contributed by atoms with Crippen LogP contribution in [0, 0.1) is 0 Å². The van der Waals surface area contributed by atoms with Crippen LogP contribution in [0.3, 0.4) is 0 Å². The molecule has 3 nitrogen and oxygen atoms in total. The maximum atomic E-state index is 13.0. The van der Waals surface area contributed by atoms with Crippen LogP contribution in [0.5, 0.6) is 0 Å². The Balaban J connectivity index is 2.01. The van der Waals surface area contributed by atoms with Gasteiger partial charge in [-0.3, -0.25) is 4.74 Å². The molecule has 1 aliphatic heterocycles. The first kappa shape index (κ1) is 22.0. The molecule has 0 unspecified atom stereocenters.